The minimum atomic E-state index is -0.373. The Morgan fingerprint density at radius 2 is 1.18 bits per heavy atom. The van der Waals surface area contributed by atoms with Crippen molar-refractivity contribution in [2.24, 2.45) is 0 Å². The Bertz CT molecular complexity index is 3440. The van der Waals surface area contributed by atoms with E-state index in [2.05, 4.69) is 64.4 Å². The van der Waals surface area contributed by atoms with E-state index in [0.717, 1.165) is 45.5 Å². The van der Waals surface area contributed by atoms with Crippen LogP contribution in [0.2, 0.25) is 5.02 Å². The van der Waals surface area contributed by atoms with Gasteiger partial charge >= 0.3 is 0 Å². The normalized spacial score (nSPS) is 11.2. The first-order chi connectivity index (χ1) is 37.2. The van der Waals surface area contributed by atoms with E-state index < -0.39 is 0 Å². The van der Waals surface area contributed by atoms with Crippen LogP contribution in [-0.2, 0) is 9.59 Å². The first-order valence-electron chi connectivity index (χ1n) is 24.3. The minimum Gasteiger partial charge on any atom is -0.497 e. The molecular weight excluding hydrogens is 1000 g/mol. The van der Waals surface area contributed by atoms with Gasteiger partial charge in [0.2, 0.25) is 23.7 Å². The van der Waals surface area contributed by atoms with Crippen LogP contribution in [0.4, 0.5) is 46.0 Å². The number of aromatic nitrogens is 8. The zero-order valence-corrected chi connectivity index (χ0v) is 44.9. The molecule has 0 atom stereocenters. The van der Waals surface area contributed by atoms with Gasteiger partial charge in [-0.2, -0.15) is 20.2 Å². The maximum Gasteiger partial charge on any atom is 0.247 e. The molecule has 23 heteroatoms. The molecular formula is C54H61ClN16O6. The zero-order valence-electron chi connectivity index (χ0n) is 44.2. The number of nitrogens with one attached hydrogen (secondary N) is 4. The van der Waals surface area contributed by atoms with Gasteiger partial charge < -0.3 is 59.8 Å². The van der Waals surface area contributed by atoms with Gasteiger partial charge in [-0.1, -0.05) is 24.8 Å². The molecule has 400 valence electrons. The largest absolute Gasteiger partial charge is 0.497 e. The Morgan fingerprint density at radius 3 is 1.77 bits per heavy atom. The highest BCUT2D eigenvalue weighted by Crippen LogP contribution is 2.40. The summed E-state index contributed by atoms with van der Waals surface area (Å²) in [6.45, 7) is 11.0. The molecule has 8 aromatic rings. The highest BCUT2D eigenvalue weighted by atomic mass is 35.5. The van der Waals surface area contributed by atoms with Crippen molar-refractivity contribution in [2.45, 2.75) is 0 Å². The molecule has 0 saturated carbocycles. The van der Waals surface area contributed by atoms with Crippen LogP contribution in [0.15, 0.2) is 117 Å². The molecule has 0 unspecified atom stereocenters. The van der Waals surface area contributed by atoms with Crippen LogP contribution < -0.4 is 50.0 Å². The third-order valence-electron chi connectivity index (χ3n) is 12.4. The third kappa shape index (κ3) is 12.9. The Hall–Kier alpha value is -8.99. The van der Waals surface area contributed by atoms with Gasteiger partial charge in [0.15, 0.2) is 11.6 Å². The van der Waals surface area contributed by atoms with Gasteiger partial charge in [-0.15, -0.1) is 0 Å². The van der Waals surface area contributed by atoms with Gasteiger partial charge in [0.1, 0.15) is 34.6 Å². The van der Waals surface area contributed by atoms with E-state index in [1.807, 2.05) is 93.6 Å². The van der Waals surface area contributed by atoms with Crippen molar-refractivity contribution >= 4 is 91.2 Å². The topological polar surface area (TPSA) is 219 Å². The molecule has 4 heterocycles. The number of carbonyl (C=O) groups excluding carboxylic acids is 2. The highest BCUT2D eigenvalue weighted by molar-refractivity contribution is 6.32. The van der Waals surface area contributed by atoms with Crippen LogP contribution in [-0.4, -0.2) is 157 Å². The lowest BCUT2D eigenvalue weighted by atomic mass is 10.2. The molecule has 22 nitrogen and oxygen atoms in total. The van der Waals surface area contributed by atoms with Gasteiger partial charge in [-0.3, -0.25) is 9.59 Å². The number of hydrogen-bond donors (Lipinski definition) is 4. The predicted octanol–water partition coefficient (Wildman–Crippen LogP) is 7.80. The highest BCUT2D eigenvalue weighted by Gasteiger charge is 2.21. The summed E-state index contributed by atoms with van der Waals surface area (Å²) in [6.07, 6.45) is 9.03. The summed E-state index contributed by atoms with van der Waals surface area (Å²) >= 11 is 6.71. The summed E-state index contributed by atoms with van der Waals surface area (Å²) in [4.78, 5) is 51.9. The van der Waals surface area contributed by atoms with Gasteiger partial charge in [0.05, 0.1) is 85.1 Å². The monoisotopic (exact) mass is 1060 g/mol. The second kappa shape index (κ2) is 24.6. The van der Waals surface area contributed by atoms with Crippen molar-refractivity contribution in [1.82, 2.24) is 49.3 Å². The number of ether oxygens (including phenoxy) is 4. The quantitative estimate of drug-likeness (QED) is 0.0401. The van der Waals surface area contributed by atoms with E-state index in [1.165, 1.54) is 18.3 Å². The number of hydrogen-bond acceptors (Lipinski definition) is 18. The molecule has 0 aliphatic rings. The number of anilines is 8. The van der Waals surface area contributed by atoms with E-state index in [0.29, 0.717) is 90.4 Å². The van der Waals surface area contributed by atoms with Gasteiger partial charge in [-0.25, -0.2) is 19.3 Å². The number of benzene rings is 4. The van der Waals surface area contributed by atoms with Gasteiger partial charge in [0.25, 0.3) is 0 Å². The number of halogens is 1. The molecule has 0 aliphatic heterocycles. The van der Waals surface area contributed by atoms with E-state index in [4.69, 9.17) is 40.5 Å². The molecule has 2 amide bonds. The smallest absolute Gasteiger partial charge is 0.247 e. The average molecular weight is 1070 g/mol. The second-order valence-corrected chi connectivity index (χ2v) is 18.3. The van der Waals surface area contributed by atoms with Crippen LogP contribution in [0, 0.1) is 0 Å². The molecule has 0 radical (unpaired) electrons. The van der Waals surface area contributed by atoms with Crippen LogP contribution in [0.5, 0.6) is 23.0 Å². The van der Waals surface area contributed by atoms with Crippen molar-refractivity contribution in [3.63, 3.8) is 0 Å². The number of carbonyl (C=O) groups is 2. The Morgan fingerprint density at radius 1 is 0.623 bits per heavy atom. The maximum atomic E-state index is 12.7. The second-order valence-electron chi connectivity index (χ2n) is 17.9. The summed E-state index contributed by atoms with van der Waals surface area (Å²) in [6, 6.07) is 20.4. The molecule has 0 aliphatic carbocycles. The van der Waals surface area contributed by atoms with Crippen molar-refractivity contribution < 1.29 is 28.5 Å². The van der Waals surface area contributed by atoms with E-state index in [9.17, 15) is 9.59 Å². The lowest BCUT2D eigenvalue weighted by molar-refractivity contribution is -0.112. The fraction of sp³-hybridized carbons (Fsp3) is 0.259. The average Bonchev–Trinajstić information content (AvgIpc) is 4.07. The first-order valence-corrected chi connectivity index (χ1v) is 24.7. The van der Waals surface area contributed by atoms with E-state index in [-0.39, 0.29) is 22.8 Å². The van der Waals surface area contributed by atoms with Crippen molar-refractivity contribution in [2.75, 3.05) is 127 Å². The number of methoxy groups -OCH3 is 3. The Labute approximate surface area is 450 Å². The lowest BCUT2D eigenvalue weighted by Gasteiger charge is -2.27. The SMILES string of the molecule is C=CC(=O)Nc1cc(Nc2ncc(Cl)c(-n3ncc4cc(OCCN(C)CCN(C)c5cc(OC)c(Nc6nccc(-n7ncc8cc(OC)ccc87)n6)cc5NC(=O)C=C)ccc43)n2)c(OC)cc1N(C)CCN(C)C. The molecule has 77 heavy (non-hydrogen) atoms. The molecule has 4 aromatic heterocycles. The van der Waals surface area contributed by atoms with Crippen LogP contribution >= 0.6 is 11.6 Å². The van der Waals surface area contributed by atoms with Gasteiger partial charge in [-0.05, 0) is 81.8 Å². The third-order valence-corrected chi connectivity index (χ3v) is 12.6. The summed E-state index contributed by atoms with van der Waals surface area (Å²) in [5, 5.41) is 23.5. The van der Waals surface area contributed by atoms with E-state index in [1.54, 1.807) is 67.5 Å². The number of amides is 2. The minimum absolute atomic E-state index is 0.221. The van der Waals surface area contributed by atoms with Crippen LogP contribution in [0.25, 0.3) is 33.4 Å². The van der Waals surface area contributed by atoms with Gasteiger partial charge in [0, 0.05) is 82.0 Å². The van der Waals surface area contributed by atoms with E-state index >= 15 is 0 Å². The molecule has 0 fully saturated rings. The summed E-state index contributed by atoms with van der Waals surface area (Å²) in [5.74, 6) is 3.08. The molecule has 0 spiro atoms. The number of rotatable bonds is 25. The summed E-state index contributed by atoms with van der Waals surface area (Å²) in [7, 11) is 14.7. The summed E-state index contributed by atoms with van der Waals surface area (Å²) in [5.41, 5.74) is 5.18. The van der Waals surface area contributed by atoms with Crippen LogP contribution in [0.1, 0.15) is 0 Å². The predicted molar refractivity (Wildman–Crippen MR) is 303 cm³/mol. The number of fused-ring (bicyclic) bond motifs is 2. The Balaban J connectivity index is 0.903. The molecule has 0 saturated heterocycles. The standard InChI is InChI=1S/C54H61ClN16O6/c1-11-50(72)60-39-28-42(48(76-10)29-45(39)68(6)21-19-66(3)4)63-54-57-33-38(55)52(65-54)71-44-16-14-37(26-35(44)32-59-71)77-24-23-67(5)20-22-69(7)46-30-47(75-9)41(27-40(46)61-51(73)12-2)62-53-56-18-17-49(64-53)70-43-15-13-36(74-8)25-34(43)31-58-70/h11-18,25-33H,1-2,19-24H2,3-10H3,(H,60,72)(H,61,73)(H,56,62,64)(H,57,63,65). The number of likely N-dealkylation sites (N-methyl/N-ethyl adjacent to an activating group) is 4. The molecule has 8 rings (SSSR count). The maximum absolute atomic E-state index is 12.7. The molecule has 4 aromatic carbocycles. The zero-order chi connectivity index (χ0) is 54.8. The number of nitrogens with zero attached hydrogens (tertiary/aromatic N) is 12. The Kier molecular flexibility index (Phi) is 17.3. The fourth-order valence-corrected chi connectivity index (χ4v) is 8.31. The van der Waals surface area contributed by atoms with Crippen molar-refractivity contribution in [3.05, 3.63) is 122 Å². The van der Waals surface area contributed by atoms with Crippen molar-refractivity contribution in [1.29, 1.82) is 0 Å². The molecule has 4 N–H and O–H groups in total. The van der Waals surface area contributed by atoms with Crippen LogP contribution in [0.3, 0.4) is 0 Å². The molecule has 0 bridgehead atoms. The first kappa shape index (κ1) is 54.3. The lowest BCUT2D eigenvalue weighted by Crippen LogP contribution is -2.33. The van der Waals surface area contributed by atoms with Crippen molar-refractivity contribution in [3.8, 4) is 34.6 Å². The fourth-order valence-electron chi connectivity index (χ4n) is 8.14. The summed E-state index contributed by atoms with van der Waals surface area (Å²) < 4.78 is 26.6.